The maximum Gasteiger partial charge on any atom is 0.411 e. The number of carbonyl (C=O) groups excluding carboxylic acids is 5. The lowest BCUT2D eigenvalue weighted by molar-refractivity contribution is -0.231. The molecule has 4 aromatic rings. The lowest BCUT2D eigenvalue weighted by atomic mass is 9.79. The zero-order valence-corrected chi connectivity index (χ0v) is 43.1. The molecule has 6 N–H and O–H groups in total. The molecule has 5 amide bonds. The predicted molar refractivity (Wildman–Crippen MR) is 266 cm³/mol. The number of alkyl halides is 4. The SMILES string of the molecule is Cc1cc(C(=O)NC2CCN(C(=O)OC(C)(C)C)CC2(C)C)ccc1-c1ccc(C[C@H](NC(=O)[C@H]2CC[C@H](CNC(=O)OC(C)(C)C)CC2)C(=O)Nc2ccc(-c3nnc(C(F)(F)C(F)(F)C(=O)O)[nH]3)cc2)cc1. The van der Waals surface area contributed by atoms with Crippen LogP contribution < -0.4 is 21.3 Å². The van der Waals surface area contributed by atoms with E-state index in [0.717, 1.165) is 16.7 Å². The van der Waals surface area contributed by atoms with Crippen LogP contribution >= 0.6 is 0 Å². The van der Waals surface area contributed by atoms with Gasteiger partial charge >= 0.3 is 30.0 Å². The molecule has 1 aromatic heterocycles. The standard InChI is InChI=1S/C53H66F4N8O9/c1-30-26-36(43(67)61-40-24-25-65(29-51(40,8)9)48(72)74-50(5,6)7)20-23-38(30)33-14-10-31(11-15-33)27-39(60-42(66)35-16-12-32(13-17-35)28-58-47(71)73-49(2,3)4)44(68)59-37-21-18-34(19-22-37)41-62-45(64-63-41)52(54,55)53(56,57)46(69)70/h10-11,14-15,18-23,26,32,35,39-40H,12-13,16-17,24-25,27-29H2,1-9H3,(H,58,71)(H,59,68)(H,60,66)(H,61,67)(H,69,70)(H,62,63,64)/t32-,35-,39-,40?/m0/s1. The van der Waals surface area contributed by atoms with E-state index in [4.69, 9.17) is 14.6 Å². The summed E-state index contributed by atoms with van der Waals surface area (Å²) in [7, 11) is 0. The van der Waals surface area contributed by atoms with Crippen LogP contribution in [0.1, 0.15) is 115 Å². The number of benzene rings is 3. The van der Waals surface area contributed by atoms with Crippen LogP contribution in [0, 0.1) is 24.2 Å². The van der Waals surface area contributed by atoms with Crippen molar-refractivity contribution in [1.29, 1.82) is 0 Å². The van der Waals surface area contributed by atoms with Crippen molar-refractivity contribution in [3.05, 3.63) is 89.2 Å². The number of rotatable bonds is 15. The Morgan fingerprint density at radius 2 is 1.45 bits per heavy atom. The van der Waals surface area contributed by atoms with Gasteiger partial charge in [0, 0.05) is 60.2 Å². The largest absolute Gasteiger partial charge is 0.477 e. The lowest BCUT2D eigenvalue weighted by Crippen LogP contribution is -2.57. The molecule has 17 nitrogen and oxygen atoms in total. The highest BCUT2D eigenvalue weighted by Gasteiger charge is 2.65. The highest BCUT2D eigenvalue weighted by Crippen LogP contribution is 2.42. The Kier molecular flexibility index (Phi) is 16.9. The molecule has 21 heteroatoms. The summed E-state index contributed by atoms with van der Waals surface area (Å²) in [4.78, 5) is 81.0. The van der Waals surface area contributed by atoms with Crippen LogP contribution in [0.2, 0.25) is 0 Å². The van der Waals surface area contributed by atoms with Gasteiger partial charge in [0.05, 0.1) is 0 Å². The molecule has 2 atom stereocenters. The van der Waals surface area contributed by atoms with E-state index >= 15 is 0 Å². The van der Waals surface area contributed by atoms with Crippen LogP contribution in [0.15, 0.2) is 66.7 Å². The molecule has 74 heavy (non-hydrogen) atoms. The molecule has 400 valence electrons. The fraction of sp³-hybridized carbons (Fsp3) is 0.509. The van der Waals surface area contributed by atoms with Crippen molar-refractivity contribution in [1.82, 2.24) is 36.0 Å². The van der Waals surface area contributed by atoms with Gasteiger partial charge in [-0.1, -0.05) is 44.2 Å². The number of hydrogen-bond donors (Lipinski definition) is 6. The summed E-state index contributed by atoms with van der Waals surface area (Å²) in [5.41, 5.74) is 2.40. The molecule has 1 unspecified atom stereocenters. The summed E-state index contributed by atoms with van der Waals surface area (Å²) in [6, 6.07) is 17.1. The van der Waals surface area contributed by atoms with Crippen LogP contribution in [0.3, 0.4) is 0 Å². The number of halogens is 4. The molecule has 3 aromatic carbocycles. The molecular weight excluding hydrogens is 969 g/mol. The van der Waals surface area contributed by atoms with Gasteiger partial charge in [-0.25, -0.2) is 14.4 Å². The maximum atomic E-state index is 14.4. The number of anilines is 1. The van der Waals surface area contributed by atoms with Gasteiger partial charge in [-0.3, -0.25) is 14.4 Å². The number of amides is 5. The first-order valence-electron chi connectivity index (χ1n) is 24.5. The fourth-order valence-corrected chi connectivity index (χ4v) is 8.96. The van der Waals surface area contributed by atoms with Crippen molar-refractivity contribution >= 4 is 41.6 Å². The second-order valence-electron chi connectivity index (χ2n) is 21.8. The van der Waals surface area contributed by atoms with Gasteiger partial charge < -0.3 is 45.7 Å². The number of aromatic amines is 1. The molecule has 1 saturated carbocycles. The average molecular weight is 1040 g/mol. The minimum absolute atomic E-state index is 0.0757. The number of ether oxygens (including phenoxy) is 2. The number of aliphatic carboxylic acids is 1. The number of H-pyrrole nitrogens is 1. The summed E-state index contributed by atoms with van der Waals surface area (Å²) in [6.45, 7) is 18.0. The van der Waals surface area contributed by atoms with Crippen LogP contribution in [-0.4, -0.2) is 110 Å². The highest BCUT2D eigenvalue weighted by atomic mass is 19.3. The predicted octanol–water partition coefficient (Wildman–Crippen LogP) is 9.02. The second-order valence-corrected chi connectivity index (χ2v) is 21.8. The van der Waals surface area contributed by atoms with Crippen LogP contribution in [0.4, 0.5) is 32.8 Å². The first-order chi connectivity index (χ1) is 34.4. The molecule has 1 aliphatic heterocycles. The first-order valence-corrected chi connectivity index (χ1v) is 24.5. The number of hydrogen-bond acceptors (Lipinski definition) is 10. The molecule has 6 rings (SSSR count). The van der Waals surface area contributed by atoms with Crippen LogP contribution in [0.5, 0.6) is 0 Å². The number of nitrogens with zero attached hydrogens (tertiary/aromatic N) is 3. The zero-order chi connectivity index (χ0) is 54.6. The van der Waals surface area contributed by atoms with Crippen molar-refractivity contribution in [3.8, 4) is 22.5 Å². The van der Waals surface area contributed by atoms with Crippen LogP contribution in [0.25, 0.3) is 22.5 Å². The quantitative estimate of drug-likeness (QED) is 0.0615. The number of piperidine rings is 1. The van der Waals surface area contributed by atoms with Gasteiger partial charge in [0.2, 0.25) is 17.6 Å². The molecule has 2 fully saturated rings. The molecule has 1 aliphatic carbocycles. The Hall–Kier alpha value is -7.06. The third-order valence-electron chi connectivity index (χ3n) is 13.0. The minimum atomic E-state index is -5.47. The van der Waals surface area contributed by atoms with E-state index in [1.165, 1.54) is 24.3 Å². The van der Waals surface area contributed by atoms with E-state index in [1.54, 1.807) is 31.7 Å². The summed E-state index contributed by atoms with van der Waals surface area (Å²) in [5.74, 6) is -17.1. The number of carboxylic acid groups (broad SMARTS) is 1. The van der Waals surface area contributed by atoms with Crippen molar-refractivity contribution in [2.45, 2.75) is 136 Å². The van der Waals surface area contributed by atoms with E-state index in [2.05, 4.69) is 31.5 Å². The van der Waals surface area contributed by atoms with E-state index in [-0.39, 0.29) is 53.4 Å². The van der Waals surface area contributed by atoms with Crippen molar-refractivity contribution < 1.29 is 60.9 Å². The smallest absolute Gasteiger partial charge is 0.411 e. The molecule has 2 aliphatic rings. The van der Waals surface area contributed by atoms with Gasteiger partial charge in [0.15, 0.2) is 5.82 Å². The molecular formula is C53H66F4N8O9. The number of nitrogens with one attached hydrogen (secondary N) is 5. The number of aryl methyl sites for hydroxylation is 1. The van der Waals surface area contributed by atoms with E-state index < -0.39 is 64.2 Å². The molecule has 0 bridgehead atoms. The fourth-order valence-electron chi connectivity index (χ4n) is 8.96. The Morgan fingerprint density at radius 3 is 2.03 bits per heavy atom. The minimum Gasteiger partial charge on any atom is -0.477 e. The number of likely N-dealkylation sites (tertiary alicyclic amines) is 1. The second kappa shape index (κ2) is 22.2. The van der Waals surface area contributed by atoms with Crippen molar-refractivity contribution in [2.75, 3.05) is 25.0 Å². The van der Waals surface area contributed by atoms with Gasteiger partial charge in [0.1, 0.15) is 17.2 Å². The van der Waals surface area contributed by atoms with Gasteiger partial charge in [-0.15, -0.1) is 10.2 Å². The molecule has 0 spiro atoms. The number of alkyl carbamates (subject to hydrolysis) is 1. The highest BCUT2D eigenvalue weighted by molar-refractivity contribution is 5.98. The van der Waals surface area contributed by atoms with Crippen LogP contribution in [-0.2, 0) is 36.2 Å². The van der Waals surface area contributed by atoms with Crippen molar-refractivity contribution in [2.24, 2.45) is 17.3 Å². The van der Waals surface area contributed by atoms with Crippen molar-refractivity contribution in [3.63, 3.8) is 0 Å². The average Bonchev–Trinajstić information content (AvgIpc) is 3.82. The Bertz CT molecular complexity index is 2690. The molecule has 0 radical (unpaired) electrons. The number of aromatic nitrogens is 3. The third-order valence-corrected chi connectivity index (χ3v) is 13.0. The zero-order valence-electron chi connectivity index (χ0n) is 43.1. The monoisotopic (exact) mass is 1030 g/mol. The number of carbonyl (C=O) groups is 6. The van der Waals surface area contributed by atoms with Gasteiger partial charge in [-0.2, -0.15) is 17.6 Å². The van der Waals surface area contributed by atoms with E-state index in [1.807, 2.05) is 82.9 Å². The Balaban J connectivity index is 1.13. The Labute approximate surface area is 427 Å². The summed E-state index contributed by atoms with van der Waals surface area (Å²) in [6.07, 6.45) is 2.09. The van der Waals surface area contributed by atoms with E-state index in [0.29, 0.717) is 62.9 Å². The lowest BCUT2D eigenvalue weighted by Gasteiger charge is -2.44. The summed E-state index contributed by atoms with van der Waals surface area (Å²) < 4.78 is 67.3. The number of carboxylic acids is 1. The summed E-state index contributed by atoms with van der Waals surface area (Å²) >= 11 is 0. The third kappa shape index (κ3) is 14.2. The molecule has 1 saturated heterocycles. The van der Waals surface area contributed by atoms with Gasteiger partial charge in [0.25, 0.3) is 5.91 Å². The normalized spacial score (nSPS) is 18.6. The first kappa shape index (κ1) is 56.2. The maximum absolute atomic E-state index is 14.4. The molecule has 2 heterocycles. The summed E-state index contributed by atoms with van der Waals surface area (Å²) in [5, 5.41) is 26.9. The topological polar surface area (TPSA) is 234 Å². The van der Waals surface area contributed by atoms with E-state index in [9.17, 15) is 46.3 Å². The Morgan fingerprint density at radius 1 is 0.824 bits per heavy atom. The van der Waals surface area contributed by atoms with Gasteiger partial charge in [-0.05, 0) is 145 Å².